The van der Waals surface area contributed by atoms with Gasteiger partial charge in [0.05, 0.1) is 0 Å². The van der Waals surface area contributed by atoms with E-state index in [0.717, 1.165) is 11.5 Å². The first-order chi connectivity index (χ1) is 10.3. The van der Waals surface area contributed by atoms with Gasteiger partial charge in [0, 0.05) is 18.0 Å². The molecule has 0 amide bonds. The second kappa shape index (κ2) is 5.08. The van der Waals surface area contributed by atoms with Gasteiger partial charge in [-0.2, -0.15) is 0 Å². The third kappa shape index (κ3) is 2.49. The van der Waals surface area contributed by atoms with E-state index in [1.807, 2.05) is 6.07 Å². The fraction of sp³-hybridized carbons (Fsp3) is 0.333. The van der Waals surface area contributed by atoms with Crippen LogP contribution in [0, 0.1) is 0 Å². The molecule has 2 aromatic rings. The van der Waals surface area contributed by atoms with Crippen LogP contribution in [0.3, 0.4) is 0 Å². The van der Waals surface area contributed by atoms with Crippen LogP contribution >= 0.6 is 0 Å². The lowest BCUT2D eigenvalue weighted by Gasteiger charge is -2.15. The Morgan fingerprint density at radius 2 is 1.86 bits per heavy atom. The summed E-state index contributed by atoms with van der Waals surface area (Å²) in [6.07, 6.45) is 1.22. The first-order valence-corrected chi connectivity index (χ1v) is 7.52. The molecule has 3 atom stereocenters. The number of ether oxygens (including phenoxy) is 2. The SMILES string of the molecule is CC(NC1CC1c1ccccc1)c1ccc2c(c1)OCO2. The Morgan fingerprint density at radius 3 is 2.71 bits per heavy atom. The maximum atomic E-state index is 5.45. The van der Waals surface area contributed by atoms with Gasteiger partial charge < -0.3 is 14.8 Å². The van der Waals surface area contributed by atoms with Crippen LogP contribution < -0.4 is 14.8 Å². The number of benzene rings is 2. The second-order valence-corrected chi connectivity index (χ2v) is 5.86. The van der Waals surface area contributed by atoms with Crippen molar-refractivity contribution in [2.75, 3.05) is 6.79 Å². The Hall–Kier alpha value is -2.00. The highest BCUT2D eigenvalue weighted by atomic mass is 16.7. The largest absolute Gasteiger partial charge is 0.454 e. The molecule has 0 aromatic heterocycles. The smallest absolute Gasteiger partial charge is 0.231 e. The van der Waals surface area contributed by atoms with Gasteiger partial charge in [-0.3, -0.25) is 0 Å². The molecule has 21 heavy (non-hydrogen) atoms. The maximum absolute atomic E-state index is 5.45. The van der Waals surface area contributed by atoms with Gasteiger partial charge in [-0.1, -0.05) is 36.4 Å². The molecule has 3 heteroatoms. The number of hydrogen-bond donors (Lipinski definition) is 1. The quantitative estimate of drug-likeness (QED) is 0.928. The van der Waals surface area contributed by atoms with Crippen LogP contribution in [0.5, 0.6) is 11.5 Å². The predicted octanol–water partition coefficient (Wildman–Crippen LogP) is 3.62. The van der Waals surface area contributed by atoms with Gasteiger partial charge in [0.2, 0.25) is 6.79 Å². The van der Waals surface area contributed by atoms with Gasteiger partial charge in [0.1, 0.15) is 0 Å². The molecular formula is C18H19NO2. The van der Waals surface area contributed by atoms with Gasteiger partial charge in [-0.05, 0) is 36.6 Å². The van der Waals surface area contributed by atoms with E-state index in [2.05, 4.69) is 54.7 Å². The average molecular weight is 281 g/mol. The summed E-state index contributed by atoms with van der Waals surface area (Å²) in [6, 6.07) is 17.8. The molecule has 108 valence electrons. The van der Waals surface area contributed by atoms with Crippen LogP contribution in [-0.4, -0.2) is 12.8 Å². The molecule has 1 fully saturated rings. The van der Waals surface area contributed by atoms with E-state index in [1.165, 1.54) is 17.5 Å². The van der Waals surface area contributed by atoms with Crippen molar-refractivity contribution in [1.82, 2.24) is 5.32 Å². The molecule has 3 unspecified atom stereocenters. The molecule has 1 aliphatic heterocycles. The van der Waals surface area contributed by atoms with E-state index in [1.54, 1.807) is 0 Å². The highest BCUT2D eigenvalue weighted by Gasteiger charge is 2.38. The summed E-state index contributed by atoms with van der Waals surface area (Å²) in [5, 5.41) is 3.71. The van der Waals surface area contributed by atoms with Crippen LogP contribution in [0.4, 0.5) is 0 Å². The van der Waals surface area contributed by atoms with Crippen molar-refractivity contribution in [3.63, 3.8) is 0 Å². The molecule has 2 aromatic carbocycles. The molecular weight excluding hydrogens is 262 g/mol. The van der Waals surface area contributed by atoms with E-state index in [0.29, 0.717) is 24.8 Å². The minimum Gasteiger partial charge on any atom is -0.454 e. The second-order valence-electron chi connectivity index (χ2n) is 5.86. The van der Waals surface area contributed by atoms with E-state index >= 15 is 0 Å². The molecule has 0 saturated heterocycles. The lowest BCUT2D eigenvalue weighted by atomic mass is 10.1. The number of nitrogens with one attached hydrogen (secondary N) is 1. The van der Waals surface area contributed by atoms with E-state index in [9.17, 15) is 0 Å². The molecule has 3 nitrogen and oxygen atoms in total. The van der Waals surface area contributed by atoms with Gasteiger partial charge in [0.25, 0.3) is 0 Å². The molecule has 1 heterocycles. The minimum atomic E-state index is 0.318. The van der Waals surface area contributed by atoms with Crippen LogP contribution in [0.25, 0.3) is 0 Å². The van der Waals surface area contributed by atoms with Gasteiger partial charge in [-0.15, -0.1) is 0 Å². The molecule has 4 rings (SSSR count). The monoisotopic (exact) mass is 281 g/mol. The van der Waals surface area contributed by atoms with Gasteiger partial charge in [0.15, 0.2) is 11.5 Å². The zero-order valence-electron chi connectivity index (χ0n) is 12.1. The molecule has 2 aliphatic rings. The Labute approximate surface area is 124 Å². The van der Waals surface area contributed by atoms with Crippen molar-refractivity contribution >= 4 is 0 Å². The van der Waals surface area contributed by atoms with Crippen LogP contribution in [0.1, 0.15) is 36.4 Å². The Bertz CT molecular complexity index is 641. The highest BCUT2D eigenvalue weighted by Crippen LogP contribution is 2.42. The zero-order valence-corrected chi connectivity index (χ0v) is 12.1. The summed E-state index contributed by atoms with van der Waals surface area (Å²) in [5.41, 5.74) is 2.69. The van der Waals surface area contributed by atoms with Crippen molar-refractivity contribution < 1.29 is 9.47 Å². The first kappa shape index (κ1) is 12.7. The van der Waals surface area contributed by atoms with Crippen LogP contribution in [-0.2, 0) is 0 Å². The topological polar surface area (TPSA) is 30.5 Å². The summed E-state index contributed by atoms with van der Waals surface area (Å²) in [7, 11) is 0. The highest BCUT2D eigenvalue weighted by molar-refractivity contribution is 5.45. The van der Waals surface area contributed by atoms with E-state index in [-0.39, 0.29) is 0 Å². The van der Waals surface area contributed by atoms with Crippen molar-refractivity contribution in [1.29, 1.82) is 0 Å². The van der Waals surface area contributed by atoms with Crippen molar-refractivity contribution in [3.05, 3.63) is 59.7 Å². The standard InChI is InChI=1S/C18H19NO2/c1-12(14-7-8-17-18(9-14)21-11-20-17)19-16-10-15(16)13-5-3-2-4-6-13/h2-9,12,15-16,19H,10-11H2,1H3. The maximum Gasteiger partial charge on any atom is 0.231 e. The third-order valence-electron chi connectivity index (χ3n) is 4.38. The summed E-state index contributed by atoms with van der Waals surface area (Å²) in [5.74, 6) is 2.36. The van der Waals surface area contributed by atoms with E-state index < -0.39 is 0 Å². The molecule has 0 radical (unpaired) electrons. The first-order valence-electron chi connectivity index (χ1n) is 7.52. The Kier molecular flexibility index (Phi) is 3.08. The minimum absolute atomic E-state index is 0.318. The van der Waals surface area contributed by atoms with Gasteiger partial charge in [-0.25, -0.2) is 0 Å². The zero-order chi connectivity index (χ0) is 14.2. The molecule has 0 spiro atoms. The summed E-state index contributed by atoms with van der Waals surface area (Å²) < 4.78 is 10.8. The number of rotatable bonds is 4. The fourth-order valence-corrected chi connectivity index (χ4v) is 3.05. The van der Waals surface area contributed by atoms with Crippen molar-refractivity contribution in [2.45, 2.75) is 31.3 Å². The summed E-state index contributed by atoms with van der Waals surface area (Å²) in [6.45, 7) is 2.54. The molecule has 1 N–H and O–H groups in total. The average Bonchev–Trinajstić information content (AvgIpc) is 3.12. The lowest BCUT2D eigenvalue weighted by molar-refractivity contribution is 0.174. The molecule has 0 bridgehead atoms. The molecule has 1 saturated carbocycles. The summed E-state index contributed by atoms with van der Waals surface area (Å²) >= 11 is 0. The van der Waals surface area contributed by atoms with Crippen molar-refractivity contribution in [2.24, 2.45) is 0 Å². The van der Waals surface area contributed by atoms with E-state index in [4.69, 9.17) is 9.47 Å². The van der Waals surface area contributed by atoms with Crippen molar-refractivity contribution in [3.8, 4) is 11.5 Å². The number of hydrogen-bond acceptors (Lipinski definition) is 3. The summed E-state index contributed by atoms with van der Waals surface area (Å²) in [4.78, 5) is 0. The van der Waals surface area contributed by atoms with Crippen LogP contribution in [0.15, 0.2) is 48.5 Å². The normalized spacial score (nSPS) is 23.9. The lowest BCUT2D eigenvalue weighted by Crippen LogP contribution is -2.22. The number of fused-ring (bicyclic) bond motifs is 1. The van der Waals surface area contributed by atoms with Crippen LogP contribution in [0.2, 0.25) is 0 Å². The fourth-order valence-electron chi connectivity index (χ4n) is 3.05. The Morgan fingerprint density at radius 1 is 1.05 bits per heavy atom. The van der Waals surface area contributed by atoms with Gasteiger partial charge >= 0.3 is 0 Å². The molecule has 1 aliphatic carbocycles. The third-order valence-corrected chi connectivity index (χ3v) is 4.38. The predicted molar refractivity (Wildman–Crippen MR) is 81.7 cm³/mol. The Balaban J connectivity index is 1.42.